The summed E-state index contributed by atoms with van der Waals surface area (Å²) in [4.78, 5) is 0.328. The summed E-state index contributed by atoms with van der Waals surface area (Å²) in [6.45, 7) is 1.94. The van der Waals surface area contributed by atoms with E-state index >= 15 is 0 Å². The average Bonchev–Trinajstić information content (AvgIpc) is 2.03. The second-order valence-electron chi connectivity index (χ2n) is 2.88. The third kappa shape index (κ3) is 2.45. The number of hydrogen-bond acceptors (Lipinski definition) is 2. The molecule has 0 aliphatic carbocycles. The minimum absolute atomic E-state index is 0.328. The Balaban J connectivity index is 3.30. The van der Waals surface area contributed by atoms with Crippen LogP contribution in [-0.2, 0) is 16.3 Å². The fourth-order valence-corrected chi connectivity index (χ4v) is 1.98. The molecule has 0 radical (unpaired) electrons. The molecule has 0 aliphatic rings. The predicted molar refractivity (Wildman–Crippen MR) is 53.9 cm³/mol. The van der Waals surface area contributed by atoms with Crippen molar-refractivity contribution in [2.24, 2.45) is 0 Å². The monoisotopic (exact) mass is 218 g/mol. The van der Waals surface area contributed by atoms with Crippen LogP contribution in [0.1, 0.15) is 12.5 Å². The molecule has 0 unspecified atom stereocenters. The van der Waals surface area contributed by atoms with Gasteiger partial charge in [0.15, 0.2) is 9.84 Å². The van der Waals surface area contributed by atoms with Gasteiger partial charge in [0, 0.05) is 11.3 Å². The minimum Gasteiger partial charge on any atom is -0.224 e. The number of hydrogen-bond donors (Lipinski definition) is 0. The fraction of sp³-hybridized carbons (Fsp3) is 0.333. The zero-order valence-electron chi connectivity index (χ0n) is 7.54. The molecule has 0 aliphatic heterocycles. The van der Waals surface area contributed by atoms with Crippen molar-refractivity contribution >= 4 is 21.4 Å². The van der Waals surface area contributed by atoms with E-state index in [1.54, 1.807) is 12.1 Å². The highest BCUT2D eigenvalue weighted by Crippen LogP contribution is 2.20. The molecule has 13 heavy (non-hydrogen) atoms. The van der Waals surface area contributed by atoms with Crippen LogP contribution in [0.5, 0.6) is 0 Å². The molecule has 1 aromatic carbocycles. The smallest absolute Gasteiger partial charge is 0.175 e. The van der Waals surface area contributed by atoms with E-state index in [2.05, 4.69) is 0 Å². The van der Waals surface area contributed by atoms with E-state index < -0.39 is 9.84 Å². The summed E-state index contributed by atoms with van der Waals surface area (Å²) in [6, 6.07) is 4.77. The van der Waals surface area contributed by atoms with Gasteiger partial charge in [0.2, 0.25) is 0 Å². The number of halogens is 1. The molecule has 0 fully saturated rings. The molecule has 4 heteroatoms. The first-order chi connectivity index (χ1) is 5.95. The van der Waals surface area contributed by atoms with Gasteiger partial charge in [-0.15, -0.1) is 0 Å². The van der Waals surface area contributed by atoms with Gasteiger partial charge in [-0.05, 0) is 30.2 Å². The molecule has 2 nitrogen and oxygen atoms in total. The Kier molecular flexibility index (Phi) is 2.98. The molecule has 0 N–H and O–H groups in total. The quantitative estimate of drug-likeness (QED) is 0.764. The molecule has 0 heterocycles. The first-order valence-electron chi connectivity index (χ1n) is 3.93. The van der Waals surface area contributed by atoms with Gasteiger partial charge in [-0.25, -0.2) is 8.42 Å². The lowest BCUT2D eigenvalue weighted by molar-refractivity contribution is 0.602. The predicted octanol–water partition coefficient (Wildman–Crippen LogP) is 2.31. The van der Waals surface area contributed by atoms with Crippen LogP contribution in [0.3, 0.4) is 0 Å². The van der Waals surface area contributed by atoms with Gasteiger partial charge in [-0.3, -0.25) is 0 Å². The van der Waals surface area contributed by atoms with E-state index in [1.165, 1.54) is 12.3 Å². The minimum atomic E-state index is -3.11. The molecule has 72 valence electrons. The van der Waals surface area contributed by atoms with Crippen molar-refractivity contribution < 1.29 is 8.42 Å². The van der Waals surface area contributed by atoms with E-state index in [-0.39, 0.29) is 0 Å². The number of sulfone groups is 1. The zero-order valence-corrected chi connectivity index (χ0v) is 9.11. The van der Waals surface area contributed by atoms with Gasteiger partial charge in [-0.1, -0.05) is 18.5 Å². The lowest BCUT2D eigenvalue weighted by Crippen LogP contribution is -1.98. The van der Waals surface area contributed by atoms with E-state index in [1.807, 2.05) is 6.92 Å². The van der Waals surface area contributed by atoms with Crippen molar-refractivity contribution in [1.29, 1.82) is 0 Å². The highest BCUT2D eigenvalue weighted by Gasteiger charge is 2.08. The molecule has 0 atom stereocenters. The fourth-order valence-electron chi connectivity index (χ4n) is 1.05. The molecule has 0 aromatic heterocycles. The summed E-state index contributed by atoms with van der Waals surface area (Å²) in [6.07, 6.45) is 1.93. The van der Waals surface area contributed by atoms with Crippen LogP contribution in [0.2, 0.25) is 5.02 Å². The zero-order chi connectivity index (χ0) is 10.1. The molecular weight excluding hydrogens is 208 g/mol. The lowest BCUT2D eigenvalue weighted by Gasteiger charge is -2.03. The first-order valence-corrected chi connectivity index (χ1v) is 6.20. The van der Waals surface area contributed by atoms with Crippen LogP contribution in [0.4, 0.5) is 0 Å². The summed E-state index contributed by atoms with van der Waals surface area (Å²) >= 11 is 5.85. The highest BCUT2D eigenvalue weighted by atomic mass is 35.5. The Hall–Kier alpha value is -0.540. The Bertz CT molecular complexity index is 410. The van der Waals surface area contributed by atoms with Crippen LogP contribution < -0.4 is 0 Å². The van der Waals surface area contributed by atoms with Gasteiger partial charge in [0.05, 0.1) is 4.90 Å². The van der Waals surface area contributed by atoms with Crippen molar-refractivity contribution in [3.8, 4) is 0 Å². The maximum Gasteiger partial charge on any atom is 0.175 e. The summed E-state index contributed by atoms with van der Waals surface area (Å²) < 4.78 is 22.3. The van der Waals surface area contributed by atoms with Crippen LogP contribution in [-0.4, -0.2) is 14.7 Å². The standard InChI is InChI=1S/C9H11ClO2S/c1-3-7-6-8(13(2,11)12)4-5-9(7)10/h4-6H,3H2,1-2H3. The van der Waals surface area contributed by atoms with E-state index in [0.29, 0.717) is 9.92 Å². The normalized spacial score (nSPS) is 11.6. The topological polar surface area (TPSA) is 34.1 Å². The summed E-state index contributed by atoms with van der Waals surface area (Å²) in [5, 5.41) is 0.620. The van der Waals surface area contributed by atoms with Crippen LogP contribution in [0.15, 0.2) is 23.1 Å². The van der Waals surface area contributed by atoms with E-state index in [9.17, 15) is 8.42 Å². The number of benzene rings is 1. The molecule has 1 aromatic rings. The molecule has 0 spiro atoms. The molecule has 0 saturated heterocycles. The number of aryl methyl sites for hydroxylation is 1. The average molecular weight is 219 g/mol. The van der Waals surface area contributed by atoms with Gasteiger partial charge in [-0.2, -0.15) is 0 Å². The second-order valence-corrected chi connectivity index (χ2v) is 5.30. The van der Waals surface area contributed by atoms with Crippen molar-refractivity contribution in [3.05, 3.63) is 28.8 Å². The van der Waals surface area contributed by atoms with Crippen molar-refractivity contribution in [1.82, 2.24) is 0 Å². The molecule has 0 bridgehead atoms. The maximum atomic E-state index is 11.2. The third-order valence-electron chi connectivity index (χ3n) is 1.83. The molecular formula is C9H11ClO2S. The SMILES string of the molecule is CCc1cc(S(C)(=O)=O)ccc1Cl. The van der Waals surface area contributed by atoms with Gasteiger partial charge in [0.1, 0.15) is 0 Å². The first kappa shape index (κ1) is 10.5. The summed E-state index contributed by atoms with van der Waals surface area (Å²) in [7, 11) is -3.11. The van der Waals surface area contributed by atoms with Crippen LogP contribution >= 0.6 is 11.6 Å². The summed E-state index contributed by atoms with van der Waals surface area (Å²) in [5.74, 6) is 0. The largest absolute Gasteiger partial charge is 0.224 e. The van der Waals surface area contributed by atoms with Crippen molar-refractivity contribution in [3.63, 3.8) is 0 Å². The Labute approximate surface area is 83.5 Å². The van der Waals surface area contributed by atoms with Gasteiger partial charge < -0.3 is 0 Å². The van der Waals surface area contributed by atoms with Crippen molar-refractivity contribution in [2.45, 2.75) is 18.2 Å². The van der Waals surface area contributed by atoms with Crippen LogP contribution in [0, 0.1) is 0 Å². The maximum absolute atomic E-state index is 11.2. The highest BCUT2D eigenvalue weighted by molar-refractivity contribution is 7.90. The van der Waals surface area contributed by atoms with Crippen LogP contribution in [0.25, 0.3) is 0 Å². The molecule has 0 amide bonds. The van der Waals surface area contributed by atoms with E-state index in [4.69, 9.17) is 11.6 Å². The Morgan fingerprint density at radius 1 is 1.38 bits per heavy atom. The van der Waals surface area contributed by atoms with Crippen molar-refractivity contribution in [2.75, 3.05) is 6.26 Å². The Morgan fingerprint density at radius 2 is 2.00 bits per heavy atom. The van der Waals surface area contributed by atoms with E-state index in [0.717, 1.165) is 12.0 Å². The molecule has 1 rings (SSSR count). The summed E-state index contributed by atoms with van der Waals surface area (Å²) in [5.41, 5.74) is 0.865. The lowest BCUT2D eigenvalue weighted by atomic mass is 10.2. The Morgan fingerprint density at radius 3 is 2.46 bits per heavy atom. The molecule has 0 saturated carbocycles. The number of rotatable bonds is 2. The second kappa shape index (κ2) is 3.68. The van der Waals surface area contributed by atoms with Gasteiger partial charge >= 0.3 is 0 Å². The van der Waals surface area contributed by atoms with Gasteiger partial charge in [0.25, 0.3) is 0 Å². The third-order valence-corrected chi connectivity index (χ3v) is 3.31.